The monoisotopic (exact) mass is 402 g/mol. The van der Waals surface area contributed by atoms with Gasteiger partial charge in [0.15, 0.2) is 11.6 Å². The first-order chi connectivity index (χ1) is 14.5. The van der Waals surface area contributed by atoms with Crippen molar-refractivity contribution < 1.29 is 13.9 Å². The Morgan fingerprint density at radius 1 is 1.23 bits per heavy atom. The van der Waals surface area contributed by atoms with Gasteiger partial charge in [-0.05, 0) is 35.9 Å². The first kappa shape index (κ1) is 19.2. The van der Waals surface area contributed by atoms with Gasteiger partial charge in [0.05, 0.1) is 7.11 Å². The molecule has 0 aliphatic rings. The van der Waals surface area contributed by atoms with Gasteiger partial charge in [-0.1, -0.05) is 18.7 Å². The highest BCUT2D eigenvalue weighted by molar-refractivity contribution is 6.00. The molecular formula is C23H19FN4O2. The molecule has 7 heteroatoms. The summed E-state index contributed by atoms with van der Waals surface area (Å²) in [6, 6.07) is 12.2. The fraction of sp³-hybridized carbons (Fsp3) is 0.0435. The van der Waals surface area contributed by atoms with Crippen molar-refractivity contribution in [1.82, 2.24) is 9.97 Å². The zero-order valence-electron chi connectivity index (χ0n) is 16.2. The van der Waals surface area contributed by atoms with Gasteiger partial charge in [0.2, 0.25) is 5.91 Å². The van der Waals surface area contributed by atoms with Crippen molar-refractivity contribution in [3.8, 4) is 28.0 Å². The lowest BCUT2D eigenvalue weighted by Gasteiger charge is -2.11. The van der Waals surface area contributed by atoms with Gasteiger partial charge in [-0.3, -0.25) is 4.79 Å². The zero-order valence-corrected chi connectivity index (χ0v) is 16.2. The number of aromatic nitrogens is 2. The Hall–Kier alpha value is -4.13. The van der Waals surface area contributed by atoms with Crippen LogP contribution < -0.4 is 15.8 Å². The van der Waals surface area contributed by atoms with Gasteiger partial charge in [-0.25, -0.2) is 9.37 Å². The van der Waals surface area contributed by atoms with Crippen LogP contribution in [0.2, 0.25) is 0 Å². The molecule has 6 nitrogen and oxygen atoms in total. The molecule has 2 aromatic carbocycles. The van der Waals surface area contributed by atoms with Crippen molar-refractivity contribution in [2.45, 2.75) is 0 Å². The van der Waals surface area contributed by atoms with Gasteiger partial charge in [0.1, 0.15) is 5.65 Å². The Bertz CT molecular complexity index is 1280. The number of hydrogen-bond donors (Lipinski definition) is 3. The molecule has 2 aromatic heterocycles. The van der Waals surface area contributed by atoms with Crippen LogP contribution in [0, 0.1) is 5.82 Å². The minimum absolute atomic E-state index is 0.115. The molecule has 0 radical (unpaired) electrons. The van der Waals surface area contributed by atoms with Crippen LogP contribution in [0.25, 0.3) is 33.3 Å². The highest BCUT2D eigenvalue weighted by Crippen LogP contribution is 2.39. The number of H-pyrrole nitrogens is 1. The number of pyridine rings is 1. The number of nitrogens with zero attached hydrogens (tertiary/aromatic N) is 1. The van der Waals surface area contributed by atoms with E-state index < -0.39 is 5.82 Å². The SMILES string of the molecule is C=CC(=O)Nc1cccc(-c2cnc3[nH]cc(-c4cc(N)cc(F)c4OC)c3c2)c1. The van der Waals surface area contributed by atoms with Crippen LogP contribution in [0.5, 0.6) is 5.75 Å². The number of carbonyl (C=O) groups excluding carboxylic acids is 1. The number of aromatic amines is 1. The Kier molecular flexibility index (Phi) is 4.93. The van der Waals surface area contributed by atoms with Gasteiger partial charge in [0.25, 0.3) is 0 Å². The van der Waals surface area contributed by atoms with E-state index in [1.165, 1.54) is 19.3 Å². The molecule has 0 spiro atoms. The third-order valence-corrected chi connectivity index (χ3v) is 4.74. The molecular weight excluding hydrogens is 383 g/mol. The zero-order chi connectivity index (χ0) is 21.3. The van der Waals surface area contributed by atoms with E-state index >= 15 is 0 Å². The third-order valence-electron chi connectivity index (χ3n) is 4.74. The number of halogens is 1. The summed E-state index contributed by atoms with van der Waals surface area (Å²) in [5.74, 6) is -0.703. The van der Waals surface area contributed by atoms with E-state index in [9.17, 15) is 9.18 Å². The number of carbonyl (C=O) groups is 1. The molecule has 0 atom stereocenters. The van der Waals surface area contributed by atoms with Crippen molar-refractivity contribution in [3.63, 3.8) is 0 Å². The lowest BCUT2D eigenvalue weighted by Crippen LogP contribution is -2.06. The summed E-state index contributed by atoms with van der Waals surface area (Å²) in [7, 11) is 1.42. The van der Waals surface area contributed by atoms with E-state index in [0.717, 1.165) is 22.1 Å². The minimum atomic E-state index is -0.531. The number of nitrogens with two attached hydrogens (primary N) is 1. The number of nitrogen functional groups attached to an aromatic ring is 1. The van der Waals surface area contributed by atoms with Crippen molar-refractivity contribution in [2.75, 3.05) is 18.2 Å². The van der Waals surface area contributed by atoms with Gasteiger partial charge < -0.3 is 20.8 Å². The summed E-state index contributed by atoms with van der Waals surface area (Å²) in [5.41, 5.74) is 10.4. The highest BCUT2D eigenvalue weighted by atomic mass is 19.1. The number of fused-ring (bicyclic) bond motifs is 1. The van der Waals surface area contributed by atoms with Crippen molar-refractivity contribution in [3.05, 3.63) is 73.3 Å². The average molecular weight is 402 g/mol. The molecule has 2 heterocycles. The summed E-state index contributed by atoms with van der Waals surface area (Å²) in [5, 5.41) is 3.53. The summed E-state index contributed by atoms with van der Waals surface area (Å²) in [6.45, 7) is 3.46. The largest absolute Gasteiger partial charge is 0.493 e. The molecule has 1 amide bonds. The number of anilines is 2. The molecule has 4 aromatic rings. The van der Waals surface area contributed by atoms with E-state index in [0.29, 0.717) is 22.6 Å². The number of hydrogen-bond acceptors (Lipinski definition) is 4. The Morgan fingerprint density at radius 2 is 2.07 bits per heavy atom. The van der Waals surface area contributed by atoms with E-state index in [4.69, 9.17) is 10.5 Å². The fourth-order valence-corrected chi connectivity index (χ4v) is 3.38. The van der Waals surface area contributed by atoms with Crippen LogP contribution in [-0.2, 0) is 4.79 Å². The second-order valence-corrected chi connectivity index (χ2v) is 6.68. The van der Waals surface area contributed by atoms with Crippen molar-refractivity contribution in [1.29, 1.82) is 0 Å². The predicted molar refractivity (Wildman–Crippen MR) is 117 cm³/mol. The summed E-state index contributed by atoms with van der Waals surface area (Å²) in [4.78, 5) is 19.2. The number of nitrogens with one attached hydrogen (secondary N) is 2. The maximum Gasteiger partial charge on any atom is 0.247 e. The number of benzene rings is 2. The van der Waals surface area contributed by atoms with Crippen LogP contribution >= 0.6 is 0 Å². The average Bonchev–Trinajstić information content (AvgIpc) is 3.16. The summed E-state index contributed by atoms with van der Waals surface area (Å²) in [6.07, 6.45) is 4.69. The summed E-state index contributed by atoms with van der Waals surface area (Å²) >= 11 is 0. The molecule has 0 bridgehead atoms. The number of methoxy groups -OCH3 is 1. The minimum Gasteiger partial charge on any atom is -0.493 e. The second-order valence-electron chi connectivity index (χ2n) is 6.68. The van der Waals surface area contributed by atoms with Crippen LogP contribution in [-0.4, -0.2) is 23.0 Å². The molecule has 0 aliphatic carbocycles. The fourth-order valence-electron chi connectivity index (χ4n) is 3.38. The maximum absolute atomic E-state index is 14.4. The highest BCUT2D eigenvalue weighted by Gasteiger charge is 2.17. The van der Waals surface area contributed by atoms with E-state index in [-0.39, 0.29) is 11.7 Å². The lowest BCUT2D eigenvalue weighted by atomic mass is 10.0. The van der Waals surface area contributed by atoms with Gasteiger partial charge in [0, 0.05) is 51.9 Å². The van der Waals surface area contributed by atoms with Crippen LogP contribution in [0.15, 0.2) is 67.5 Å². The normalized spacial score (nSPS) is 10.7. The smallest absolute Gasteiger partial charge is 0.247 e. The molecule has 150 valence electrons. The van der Waals surface area contributed by atoms with E-state index in [1.54, 1.807) is 24.5 Å². The van der Waals surface area contributed by atoms with Gasteiger partial charge in [-0.2, -0.15) is 0 Å². The molecule has 0 saturated carbocycles. The van der Waals surface area contributed by atoms with E-state index in [2.05, 4.69) is 21.9 Å². The quantitative estimate of drug-likeness (QED) is 0.332. The third kappa shape index (κ3) is 3.48. The topological polar surface area (TPSA) is 93.0 Å². The molecule has 0 aliphatic heterocycles. The molecule has 30 heavy (non-hydrogen) atoms. The standard InChI is InChI=1S/C23H19FN4O2/c1-3-21(29)28-16-6-4-5-13(7-16)14-8-18-19(12-27-23(18)26-11-14)17-9-15(25)10-20(24)22(17)30-2/h3-12H,1,25H2,2H3,(H,26,27)(H,28,29). The first-order valence-corrected chi connectivity index (χ1v) is 9.14. The van der Waals surface area contributed by atoms with Gasteiger partial charge in [-0.15, -0.1) is 0 Å². The molecule has 0 saturated heterocycles. The van der Waals surface area contributed by atoms with Crippen molar-refractivity contribution >= 4 is 28.3 Å². The first-order valence-electron chi connectivity index (χ1n) is 9.14. The molecule has 0 unspecified atom stereocenters. The van der Waals surface area contributed by atoms with Crippen LogP contribution in [0.4, 0.5) is 15.8 Å². The number of ether oxygens (including phenoxy) is 1. The molecule has 4 N–H and O–H groups in total. The second kappa shape index (κ2) is 7.71. The van der Waals surface area contributed by atoms with Crippen molar-refractivity contribution in [2.24, 2.45) is 0 Å². The Morgan fingerprint density at radius 3 is 2.83 bits per heavy atom. The lowest BCUT2D eigenvalue weighted by molar-refractivity contribution is -0.111. The molecule has 0 fully saturated rings. The number of rotatable bonds is 5. The van der Waals surface area contributed by atoms with Gasteiger partial charge >= 0.3 is 0 Å². The number of amides is 1. The molecule has 4 rings (SSSR count). The Labute approximate surface area is 172 Å². The van der Waals surface area contributed by atoms with E-state index in [1.807, 2.05) is 24.3 Å². The van der Waals surface area contributed by atoms with Crippen LogP contribution in [0.1, 0.15) is 0 Å². The summed E-state index contributed by atoms with van der Waals surface area (Å²) < 4.78 is 19.6. The maximum atomic E-state index is 14.4. The Balaban J connectivity index is 1.83. The van der Waals surface area contributed by atoms with Crippen LogP contribution in [0.3, 0.4) is 0 Å². The predicted octanol–water partition coefficient (Wildman–Crippen LogP) is 4.75.